The predicted molar refractivity (Wildman–Crippen MR) is 195 cm³/mol. The largest absolute Gasteiger partial charge is 0.289 e. The molecule has 0 saturated heterocycles. The Hall–Kier alpha value is -0.0900. The van der Waals surface area contributed by atoms with E-state index in [4.69, 9.17) is 5.21 Å². The average molecular weight is 673 g/mol. The van der Waals surface area contributed by atoms with E-state index < -0.39 is 0 Å². The third-order valence-electron chi connectivity index (χ3n) is 9.41. The van der Waals surface area contributed by atoms with E-state index in [-0.39, 0.29) is 5.91 Å². The minimum atomic E-state index is -0.254. The lowest BCUT2D eigenvalue weighted by Gasteiger charge is -2.05. The molecule has 0 aliphatic heterocycles. The molecule has 0 aromatic rings. The highest BCUT2D eigenvalue weighted by Crippen LogP contribution is 2.17. The number of alkyl halides is 1. The van der Waals surface area contributed by atoms with Crippen molar-refractivity contribution in [1.29, 1.82) is 0 Å². The van der Waals surface area contributed by atoms with E-state index >= 15 is 0 Å². The van der Waals surface area contributed by atoms with Gasteiger partial charge in [0.1, 0.15) is 0 Å². The molecule has 0 aliphatic rings. The highest BCUT2D eigenvalue weighted by molar-refractivity contribution is 9.09. The number of halogens is 1. The second-order valence-corrected chi connectivity index (χ2v) is 14.5. The van der Waals surface area contributed by atoms with Gasteiger partial charge in [-0.1, -0.05) is 234 Å². The molecule has 0 unspecified atom stereocenters. The molecule has 1 amide bonds. The molecule has 0 saturated carbocycles. The van der Waals surface area contributed by atoms with E-state index in [9.17, 15) is 4.79 Å². The summed E-state index contributed by atoms with van der Waals surface area (Å²) in [4.78, 5) is 10.9. The van der Waals surface area contributed by atoms with Gasteiger partial charge in [0.15, 0.2) is 0 Å². The number of unbranched alkanes of at least 4 members (excludes halogenated alkanes) is 35. The highest BCUT2D eigenvalue weighted by atomic mass is 79.9. The van der Waals surface area contributed by atoms with Gasteiger partial charge in [0.25, 0.3) is 0 Å². The van der Waals surface area contributed by atoms with Crippen molar-refractivity contribution in [2.75, 3.05) is 5.33 Å². The van der Waals surface area contributed by atoms with Crippen molar-refractivity contribution >= 4 is 21.8 Å². The number of carbonyl (C=O) groups is 1. The van der Waals surface area contributed by atoms with Crippen LogP contribution in [0.3, 0.4) is 0 Å². The Balaban J connectivity index is 3.04. The molecule has 0 aliphatic carbocycles. The maximum absolute atomic E-state index is 10.9. The van der Waals surface area contributed by atoms with Crippen molar-refractivity contribution in [2.45, 2.75) is 238 Å². The molecule has 0 spiro atoms. The summed E-state index contributed by atoms with van der Waals surface area (Å²) in [6, 6.07) is 0. The normalized spacial score (nSPS) is 11.4. The Labute approximate surface area is 279 Å². The Bertz CT molecular complexity index is 515. The molecule has 0 aromatic heterocycles. The van der Waals surface area contributed by atoms with E-state index in [0.29, 0.717) is 6.42 Å². The summed E-state index contributed by atoms with van der Waals surface area (Å²) in [7, 11) is 0. The van der Waals surface area contributed by atoms with Crippen molar-refractivity contribution in [3.8, 4) is 0 Å². The first kappa shape index (κ1) is 42.9. The van der Waals surface area contributed by atoms with Gasteiger partial charge in [-0.15, -0.1) is 0 Å². The maximum Gasteiger partial charge on any atom is 0.243 e. The van der Waals surface area contributed by atoms with Crippen LogP contribution in [-0.4, -0.2) is 16.4 Å². The zero-order chi connectivity index (χ0) is 31.2. The minimum absolute atomic E-state index is 0.254. The molecule has 0 radical (unpaired) electrons. The minimum Gasteiger partial charge on any atom is -0.289 e. The summed E-state index contributed by atoms with van der Waals surface area (Å²) in [5.74, 6) is -0.254. The van der Waals surface area contributed by atoms with Gasteiger partial charge in [-0.25, -0.2) is 5.48 Å². The van der Waals surface area contributed by atoms with Crippen LogP contribution in [-0.2, 0) is 4.79 Å². The van der Waals surface area contributed by atoms with Crippen molar-refractivity contribution in [3.05, 3.63) is 0 Å². The van der Waals surface area contributed by atoms with Crippen LogP contribution < -0.4 is 5.48 Å². The molecular formula is C39H78BrNO2. The molecule has 0 rings (SSSR count). The van der Waals surface area contributed by atoms with E-state index in [1.807, 2.05) is 0 Å². The Morgan fingerprint density at radius 2 is 0.488 bits per heavy atom. The van der Waals surface area contributed by atoms with Crippen LogP contribution >= 0.6 is 15.9 Å². The highest BCUT2D eigenvalue weighted by Gasteiger charge is 1.99. The summed E-state index contributed by atoms with van der Waals surface area (Å²) >= 11 is 3.52. The summed E-state index contributed by atoms with van der Waals surface area (Å²) in [6.45, 7) is 0. The van der Waals surface area contributed by atoms with Gasteiger partial charge in [-0.2, -0.15) is 0 Å². The smallest absolute Gasteiger partial charge is 0.243 e. The lowest BCUT2D eigenvalue weighted by Crippen LogP contribution is -2.17. The average Bonchev–Trinajstić information content (AvgIpc) is 3.02. The molecule has 0 atom stereocenters. The molecule has 258 valence electrons. The quantitative estimate of drug-likeness (QED) is 0.0297. The molecule has 0 heterocycles. The van der Waals surface area contributed by atoms with Crippen LogP contribution in [0.4, 0.5) is 0 Å². The number of hydroxylamine groups is 1. The second kappa shape index (κ2) is 39.9. The molecule has 0 aromatic carbocycles. The van der Waals surface area contributed by atoms with Gasteiger partial charge in [-0.05, 0) is 12.8 Å². The number of rotatable bonds is 38. The lowest BCUT2D eigenvalue weighted by molar-refractivity contribution is -0.129. The molecule has 3 nitrogen and oxygen atoms in total. The first-order valence-corrected chi connectivity index (χ1v) is 20.9. The number of nitrogens with one attached hydrogen (secondary N) is 1. The topological polar surface area (TPSA) is 49.3 Å². The van der Waals surface area contributed by atoms with Gasteiger partial charge in [-0.3, -0.25) is 10.0 Å². The Kier molecular flexibility index (Phi) is 39.9. The zero-order valence-corrected chi connectivity index (χ0v) is 30.7. The molecule has 2 N–H and O–H groups in total. The van der Waals surface area contributed by atoms with Crippen molar-refractivity contribution in [2.24, 2.45) is 0 Å². The van der Waals surface area contributed by atoms with Crippen molar-refractivity contribution in [1.82, 2.24) is 5.48 Å². The monoisotopic (exact) mass is 672 g/mol. The summed E-state index contributed by atoms with van der Waals surface area (Å²) in [5.41, 5.74) is 1.70. The van der Waals surface area contributed by atoms with E-state index in [0.717, 1.165) is 12.8 Å². The third kappa shape index (κ3) is 39.9. The Morgan fingerprint density at radius 3 is 0.651 bits per heavy atom. The first-order chi connectivity index (χ1) is 21.3. The molecule has 0 bridgehead atoms. The van der Waals surface area contributed by atoms with Gasteiger partial charge in [0.05, 0.1) is 0 Å². The molecule has 4 heteroatoms. The van der Waals surface area contributed by atoms with Crippen LogP contribution in [0.2, 0.25) is 0 Å². The molecular weight excluding hydrogens is 594 g/mol. The van der Waals surface area contributed by atoms with E-state index in [1.54, 1.807) is 5.48 Å². The number of hydrogen-bond donors (Lipinski definition) is 2. The van der Waals surface area contributed by atoms with Crippen LogP contribution in [0.25, 0.3) is 0 Å². The predicted octanol–water partition coefficient (Wildman–Crippen LogP) is 14.3. The van der Waals surface area contributed by atoms with Crippen LogP contribution in [0, 0.1) is 0 Å². The summed E-state index contributed by atoms with van der Waals surface area (Å²) in [5, 5.41) is 9.65. The van der Waals surface area contributed by atoms with E-state index in [1.165, 1.54) is 224 Å². The fourth-order valence-electron chi connectivity index (χ4n) is 6.45. The maximum atomic E-state index is 10.9. The Morgan fingerprint density at radius 1 is 0.326 bits per heavy atom. The van der Waals surface area contributed by atoms with Crippen molar-refractivity contribution in [3.63, 3.8) is 0 Å². The van der Waals surface area contributed by atoms with Gasteiger partial charge >= 0.3 is 0 Å². The third-order valence-corrected chi connectivity index (χ3v) is 9.97. The van der Waals surface area contributed by atoms with Crippen LogP contribution in [0.1, 0.15) is 238 Å². The lowest BCUT2D eigenvalue weighted by atomic mass is 10.0. The SMILES string of the molecule is O=C(CCCCCCCCCCCCCCCCCCCCCCCCCCCCCCCCCCCCCCBr)NO. The second-order valence-electron chi connectivity index (χ2n) is 13.7. The van der Waals surface area contributed by atoms with E-state index in [2.05, 4.69) is 15.9 Å². The molecule has 43 heavy (non-hydrogen) atoms. The van der Waals surface area contributed by atoms with Gasteiger partial charge in [0, 0.05) is 11.8 Å². The van der Waals surface area contributed by atoms with Gasteiger partial charge in [0.2, 0.25) is 5.91 Å². The summed E-state index contributed by atoms with van der Waals surface area (Å²) < 4.78 is 0. The summed E-state index contributed by atoms with van der Waals surface area (Å²) in [6.07, 6.45) is 51.4. The number of amides is 1. The molecule has 0 fully saturated rings. The first-order valence-electron chi connectivity index (χ1n) is 19.8. The fraction of sp³-hybridized carbons (Fsp3) is 0.974. The number of hydrogen-bond acceptors (Lipinski definition) is 2. The van der Waals surface area contributed by atoms with Gasteiger partial charge < -0.3 is 0 Å². The zero-order valence-electron chi connectivity index (χ0n) is 29.1. The fourth-order valence-corrected chi connectivity index (χ4v) is 6.84. The standard InChI is InChI=1S/C39H78BrNO2/c40-38-36-34-32-30-28-26-24-22-20-18-16-14-12-10-8-6-4-2-1-3-5-7-9-11-13-15-17-19-21-23-25-27-29-31-33-35-37-39(42)41-43/h43H,1-38H2,(H,41,42). The number of carbonyl (C=O) groups excluding carboxylic acids is 1. The van der Waals surface area contributed by atoms with Crippen LogP contribution in [0.5, 0.6) is 0 Å². The van der Waals surface area contributed by atoms with Crippen LogP contribution in [0.15, 0.2) is 0 Å². The van der Waals surface area contributed by atoms with Crippen molar-refractivity contribution < 1.29 is 10.0 Å².